The summed E-state index contributed by atoms with van der Waals surface area (Å²) in [5.74, 6) is 0.689. The first-order valence-electron chi connectivity index (χ1n) is 12.1. The third-order valence-corrected chi connectivity index (χ3v) is 6.00. The van der Waals surface area contributed by atoms with E-state index in [1.165, 1.54) is 24.8 Å². The topological polar surface area (TPSA) is 114 Å². The van der Waals surface area contributed by atoms with Gasteiger partial charge in [-0.05, 0) is 68.9 Å². The summed E-state index contributed by atoms with van der Waals surface area (Å²) >= 11 is 0. The Hall–Kier alpha value is -3.81. The van der Waals surface area contributed by atoms with Crippen molar-refractivity contribution in [2.75, 3.05) is 0 Å². The second-order valence-electron chi connectivity index (χ2n) is 8.83. The monoisotopic (exact) mass is 473 g/mol. The van der Waals surface area contributed by atoms with E-state index >= 15 is 0 Å². The number of pyridine rings is 3. The minimum atomic E-state index is -0.833. The van der Waals surface area contributed by atoms with Crippen molar-refractivity contribution in [2.24, 2.45) is 0 Å². The molecule has 0 spiro atoms. The number of H-pyrrole nitrogens is 1. The van der Waals surface area contributed by atoms with Crippen LogP contribution in [-0.4, -0.2) is 42.1 Å². The Morgan fingerprint density at radius 3 is 2.46 bits per heavy atom. The molecule has 1 aliphatic rings. The molecule has 8 nitrogen and oxygen atoms in total. The van der Waals surface area contributed by atoms with E-state index in [-0.39, 0.29) is 0 Å². The Bertz CT molecular complexity index is 1290. The molecular weight excluding hydrogens is 442 g/mol. The van der Waals surface area contributed by atoms with E-state index < -0.39 is 5.97 Å². The number of hydrogen-bond acceptors (Lipinski definition) is 6. The van der Waals surface area contributed by atoms with Crippen LogP contribution in [-0.2, 0) is 11.2 Å². The summed E-state index contributed by atoms with van der Waals surface area (Å²) in [6.45, 7) is 5.25. The van der Waals surface area contributed by atoms with E-state index in [9.17, 15) is 0 Å². The molecule has 0 radical (unpaired) electrons. The normalized spacial score (nSPS) is 13.8. The van der Waals surface area contributed by atoms with Gasteiger partial charge < -0.3 is 14.8 Å². The number of aliphatic carboxylic acids is 1. The third-order valence-electron chi connectivity index (χ3n) is 6.00. The molecule has 35 heavy (non-hydrogen) atoms. The molecule has 0 unspecified atom stereocenters. The molecule has 0 saturated heterocycles. The summed E-state index contributed by atoms with van der Waals surface area (Å²) in [4.78, 5) is 30.6. The SMILES string of the molecule is CC(=O)O.CCc1cnc2nc(-c3ccc(-c4cnc(OC5CCCCC5)c(C)c4)nc3)[nH]c2c1. The summed E-state index contributed by atoms with van der Waals surface area (Å²) in [5.41, 5.74) is 6.71. The van der Waals surface area contributed by atoms with Gasteiger partial charge in [0, 0.05) is 42.2 Å². The van der Waals surface area contributed by atoms with Crippen molar-refractivity contribution in [3.8, 4) is 28.5 Å². The number of hydrogen-bond donors (Lipinski definition) is 2. The Morgan fingerprint density at radius 2 is 1.80 bits per heavy atom. The van der Waals surface area contributed by atoms with Gasteiger partial charge in [-0.2, -0.15) is 0 Å². The van der Waals surface area contributed by atoms with Crippen molar-refractivity contribution in [2.45, 2.75) is 65.4 Å². The molecule has 1 aliphatic carbocycles. The molecule has 5 rings (SSSR count). The van der Waals surface area contributed by atoms with Crippen molar-refractivity contribution in [1.82, 2.24) is 24.9 Å². The van der Waals surface area contributed by atoms with Crippen molar-refractivity contribution in [3.63, 3.8) is 0 Å². The van der Waals surface area contributed by atoms with Crippen LogP contribution in [0, 0.1) is 6.92 Å². The first kappa shape index (κ1) is 24.3. The Balaban J connectivity index is 0.000000672. The lowest BCUT2D eigenvalue weighted by atomic mass is 9.98. The number of aromatic amines is 1. The maximum absolute atomic E-state index is 9.00. The van der Waals surface area contributed by atoms with Crippen LogP contribution < -0.4 is 4.74 Å². The zero-order valence-electron chi connectivity index (χ0n) is 20.4. The Kier molecular flexibility index (Phi) is 7.70. The summed E-state index contributed by atoms with van der Waals surface area (Å²) < 4.78 is 6.15. The molecule has 0 amide bonds. The van der Waals surface area contributed by atoms with Crippen LogP contribution in [0.1, 0.15) is 57.1 Å². The van der Waals surface area contributed by atoms with Crippen LogP contribution in [0.15, 0.2) is 42.9 Å². The Morgan fingerprint density at radius 1 is 1.06 bits per heavy atom. The van der Waals surface area contributed by atoms with Crippen LogP contribution in [0.4, 0.5) is 0 Å². The second-order valence-corrected chi connectivity index (χ2v) is 8.83. The first-order chi connectivity index (χ1) is 16.9. The van der Waals surface area contributed by atoms with Gasteiger partial charge in [-0.25, -0.2) is 15.0 Å². The number of aromatic nitrogens is 5. The lowest BCUT2D eigenvalue weighted by Gasteiger charge is -2.23. The van der Waals surface area contributed by atoms with Crippen LogP contribution in [0.3, 0.4) is 0 Å². The van der Waals surface area contributed by atoms with E-state index in [0.29, 0.717) is 6.10 Å². The predicted octanol–water partition coefficient (Wildman–Crippen LogP) is 5.76. The number of carbonyl (C=O) groups is 1. The molecule has 0 aromatic carbocycles. The molecule has 0 aliphatic heterocycles. The first-order valence-corrected chi connectivity index (χ1v) is 12.1. The summed E-state index contributed by atoms with van der Waals surface area (Å²) in [7, 11) is 0. The molecule has 0 atom stereocenters. The van der Waals surface area contributed by atoms with E-state index in [2.05, 4.69) is 50.9 Å². The number of nitrogens with one attached hydrogen (secondary N) is 1. The average Bonchev–Trinajstić information content (AvgIpc) is 3.29. The van der Waals surface area contributed by atoms with Gasteiger partial charge in [0.05, 0.1) is 11.2 Å². The van der Waals surface area contributed by atoms with Gasteiger partial charge in [-0.15, -0.1) is 0 Å². The maximum Gasteiger partial charge on any atom is 0.300 e. The van der Waals surface area contributed by atoms with Gasteiger partial charge in [0.15, 0.2) is 5.65 Å². The number of rotatable bonds is 5. The van der Waals surface area contributed by atoms with Gasteiger partial charge >= 0.3 is 0 Å². The van der Waals surface area contributed by atoms with Crippen LogP contribution in [0.25, 0.3) is 33.8 Å². The minimum absolute atomic E-state index is 0.301. The quantitative estimate of drug-likeness (QED) is 0.379. The molecule has 8 heteroatoms. The number of nitrogens with zero attached hydrogens (tertiary/aromatic N) is 4. The largest absolute Gasteiger partial charge is 0.481 e. The second kappa shape index (κ2) is 11.1. The number of fused-ring (bicyclic) bond motifs is 1. The smallest absolute Gasteiger partial charge is 0.300 e. The zero-order valence-corrected chi connectivity index (χ0v) is 20.4. The fraction of sp³-hybridized carbons (Fsp3) is 0.370. The van der Waals surface area contributed by atoms with Gasteiger partial charge in [-0.1, -0.05) is 13.3 Å². The van der Waals surface area contributed by atoms with E-state index in [1.807, 2.05) is 30.7 Å². The van der Waals surface area contributed by atoms with Crippen molar-refractivity contribution in [1.29, 1.82) is 0 Å². The van der Waals surface area contributed by atoms with Gasteiger partial charge in [-0.3, -0.25) is 9.78 Å². The molecule has 182 valence electrons. The third kappa shape index (κ3) is 6.20. The van der Waals surface area contributed by atoms with Crippen molar-refractivity contribution < 1.29 is 14.6 Å². The molecule has 1 fully saturated rings. The maximum atomic E-state index is 9.00. The average molecular weight is 474 g/mol. The summed E-state index contributed by atoms with van der Waals surface area (Å²) in [5, 5.41) is 7.42. The highest BCUT2D eigenvalue weighted by molar-refractivity contribution is 5.76. The summed E-state index contributed by atoms with van der Waals surface area (Å²) in [6, 6.07) is 8.24. The summed E-state index contributed by atoms with van der Waals surface area (Å²) in [6.07, 6.45) is 12.9. The molecule has 4 heterocycles. The number of ether oxygens (including phenoxy) is 1. The van der Waals surface area contributed by atoms with E-state index in [1.54, 1.807) is 0 Å². The van der Waals surface area contributed by atoms with E-state index in [0.717, 1.165) is 71.4 Å². The molecule has 2 N–H and O–H groups in total. The van der Waals surface area contributed by atoms with Crippen LogP contribution >= 0.6 is 0 Å². The lowest BCUT2D eigenvalue weighted by molar-refractivity contribution is -0.134. The van der Waals surface area contributed by atoms with Crippen LogP contribution in [0.5, 0.6) is 5.88 Å². The number of imidazole rings is 1. The minimum Gasteiger partial charge on any atom is -0.481 e. The zero-order chi connectivity index (χ0) is 24.8. The predicted molar refractivity (Wildman–Crippen MR) is 135 cm³/mol. The molecule has 1 saturated carbocycles. The van der Waals surface area contributed by atoms with Gasteiger partial charge in [0.2, 0.25) is 5.88 Å². The highest BCUT2D eigenvalue weighted by Gasteiger charge is 2.17. The highest BCUT2D eigenvalue weighted by atomic mass is 16.5. The molecule has 0 bridgehead atoms. The fourth-order valence-corrected chi connectivity index (χ4v) is 4.14. The number of carboxylic acid groups (broad SMARTS) is 1. The fourth-order valence-electron chi connectivity index (χ4n) is 4.14. The van der Waals surface area contributed by atoms with E-state index in [4.69, 9.17) is 14.6 Å². The lowest BCUT2D eigenvalue weighted by Crippen LogP contribution is -2.20. The standard InChI is InChI=1S/C25H27N5O.C2H4O2/c1-3-17-12-22-24(27-13-17)30-23(29-22)18-9-10-21(26-14-18)19-11-16(2)25(28-15-19)31-20-7-5-4-6-8-20;1-2(3)4/h9-15,20H,3-8H2,1-2H3,(H,27,29,30);1H3,(H,3,4). The highest BCUT2D eigenvalue weighted by Crippen LogP contribution is 2.28. The number of aryl methyl sites for hydroxylation is 2. The van der Waals surface area contributed by atoms with Crippen molar-refractivity contribution in [3.05, 3.63) is 54.0 Å². The van der Waals surface area contributed by atoms with Gasteiger partial charge in [0.25, 0.3) is 5.97 Å². The molecule has 4 aromatic rings. The molecular formula is C27H31N5O3. The number of carboxylic acids is 1. The molecule has 4 aromatic heterocycles. The Labute approximate surface area is 204 Å². The van der Waals surface area contributed by atoms with Crippen molar-refractivity contribution >= 4 is 17.1 Å². The van der Waals surface area contributed by atoms with Crippen LogP contribution in [0.2, 0.25) is 0 Å². The van der Waals surface area contributed by atoms with Gasteiger partial charge in [0.1, 0.15) is 11.9 Å².